The summed E-state index contributed by atoms with van der Waals surface area (Å²) in [6, 6.07) is 8.65. The molecule has 0 aliphatic heterocycles. The van der Waals surface area contributed by atoms with Gasteiger partial charge in [0, 0.05) is 5.92 Å². The SMILES string of the molecule is Cc1ccc(C2CC(C=O)C2)cc1. The lowest BCUT2D eigenvalue weighted by molar-refractivity contribution is -0.113. The van der Waals surface area contributed by atoms with Crippen molar-refractivity contribution in [3.8, 4) is 0 Å². The van der Waals surface area contributed by atoms with Crippen molar-refractivity contribution < 1.29 is 4.79 Å². The van der Waals surface area contributed by atoms with Crippen LogP contribution in [0.3, 0.4) is 0 Å². The number of hydrogen-bond acceptors (Lipinski definition) is 1. The molecule has 0 aromatic heterocycles. The van der Waals surface area contributed by atoms with E-state index in [2.05, 4.69) is 31.2 Å². The Labute approximate surface area is 78.8 Å². The number of carbonyl (C=O) groups excluding carboxylic acids is 1. The zero-order chi connectivity index (χ0) is 9.26. The van der Waals surface area contributed by atoms with E-state index in [4.69, 9.17) is 0 Å². The summed E-state index contributed by atoms with van der Waals surface area (Å²) in [6.07, 6.45) is 3.18. The molecule has 1 saturated carbocycles. The number of carbonyl (C=O) groups is 1. The number of benzene rings is 1. The molecule has 0 saturated heterocycles. The molecule has 0 unspecified atom stereocenters. The predicted octanol–water partition coefficient (Wildman–Crippen LogP) is 2.69. The lowest BCUT2D eigenvalue weighted by Gasteiger charge is -2.31. The quantitative estimate of drug-likeness (QED) is 0.630. The van der Waals surface area contributed by atoms with Crippen LogP contribution in [-0.4, -0.2) is 6.29 Å². The zero-order valence-electron chi connectivity index (χ0n) is 7.86. The molecule has 0 atom stereocenters. The first-order chi connectivity index (χ1) is 6.29. The molecule has 0 radical (unpaired) electrons. The van der Waals surface area contributed by atoms with Crippen molar-refractivity contribution in [3.63, 3.8) is 0 Å². The van der Waals surface area contributed by atoms with E-state index in [9.17, 15) is 4.79 Å². The predicted molar refractivity (Wildman–Crippen MR) is 52.7 cm³/mol. The number of aryl methyl sites for hydroxylation is 1. The third-order valence-electron chi connectivity index (χ3n) is 2.92. The summed E-state index contributed by atoms with van der Waals surface area (Å²) in [5, 5.41) is 0. The second kappa shape index (κ2) is 3.33. The molecule has 2 rings (SSSR count). The molecular weight excluding hydrogens is 160 g/mol. The Kier molecular flexibility index (Phi) is 2.17. The maximum Gasteiger partial charge on any atom is 0.123 e. The molecule has 0 spiro atoms. The molecule has 0 amide bonds. The number of hydrogen-bond donors (Lipinski definition) is 0. The first-order valence-corrected chi connectivity index (χ1v) is 4.81. The fourth-order valence-electron chi connectivity index (χ4n) is 1.88. The fraction of sp³-hybridized carbons (Fsp3) is 0.417. The van der Waals surface area contributed by atoms with Gasteiger partial charge in [-0.1, -0.05) is 29.8 Å². The Morgan fingerprint density at radius 2 is 1.85 bits per heavy atom. The van der Waals surface area contributed by atoms with Crippen LogP contribution in [-0.2, 0) is 4.79 Å². The van der Waals surface area contributed by atoms with E-state index in [1.54, 1.807) is 0 Å². The Balaban J connectivity index is 2.03. The molecule has 0 bridgehead atoms. The Morgan fingerprint density at radius 1 is 1.23 bits per heavy atom. The standard InChI is InChI=1S/C12H14O/c1-9-2-4-11(5-3-9)12-6-10(7-12)8-13/h2-5,8,10,12H,6-7H2,1H3. The molecule has 13 heavy (non-hydrogen) atoms. The average Bonchev–Trinajstić information content (AvgIpc) is 2.06. The molecule has 0 N–H and O–H groups in total. The minimum absolute atomic E-state index is 0.325. The van der Waals surface area contributed by atoms with Crippen LogP contribution < -0.4 is 0 Å². The van der Waals surface area contributed by atoms with Gasteiger partial charge in [-0.15, -0.1) is 0 Å². The van der Waals surface area contributed by atoms with Crippen LogP contribution in [0.5, 0.6) is 0 Å². The fourth-order valence-corrected chi connectivity index (χ4v) is 1.88. The third-order valence-corrected chi connectivity index (χ3v) is 2.92. The lowest BCUT2D eigenvalue weighted by Crippen LogP contribution is -2.22. The highest BCUT2D eigenvalue weighted by atomic mass is 16.1. The van der Waals surface area contributed by atoms with Crippen molar-refractivity contribution in [1.82, 2.24) is 0 Å². The van der Waals surface area contributed by atoms with E-state index in [1.165, 1.54) is 11.1 Å². The van der Waals surface area contributed by atoms with Crippen LogP contribution in [0.1, 0.15) is 29.9 Å². The highest BCUT2D eigenvalue weighted by molar-refractivity contribution is 5.56. The summed E-state index contributed by atoms with van der Waals surface area (Å²) in [4.78, 5) is 10.4. The molecule has 1 nitrogen and oxygen atoms in total. The first-order valence-electron chi connectivity index (χ1n) is 4.81. The highest BCUT2D eigenvalue weighted by Gasteiger charge is 2.29. The van der Waals surface area contributed by atoms with Crippen LogP contribution in [0.25, 0.3) is 0 Å². The summed E-state index contributed by atoms with van der Waals surface area (Å²) in [5.41, 5.74) is 2.69. The number of aldehydes is 1. The second-order valence-electron chi connectivity index (χ2n) is 3.98. The monoisotopic (exact) mass is 174 g/mol. The van der Waals surface area contributed by atoms with Gasteiger partial charge in [0.2, 0.25) is 0 Å². The summed E-state index contributed by atoms with van der Waals surface area (Å²) in [7, 11) is 0. The van der Waals surface area contributed by atoms with Crippen molar-refractivity contribution in [2.45, 2.75) is 25.7 Å². The number of rotatable bonds is 2. The smallest absolute Gasteiger partial charge is 0.123 e. The van der Waals surface area contributed by atoms with Gasteiger partial charge in [-0.05, 0) is 31.2 Å². The Bertz CT molecular complexity index is 293. The molecule has 0 heterocycles. The maximum absolute atomic E-state index is 10.4. The molecule has 1 aromatic rings. The van der Waals surface area contributed by atoms with E-state index >= 15 is 0 Å². The van der Waals surface area contributed by atoms with E-state index in [-0.39, 0.29) is 0 Å². The van der Waals surface area contributed by atoms with E-state index < -0.39 is 0 Å². The Morgan fingerprint density at radius 3 is 2.38 bits per heavy atom. The van der Waals surface area contributed by atoms with E-state index in [0.717, 1.165) is 19.1 Å². The minimum atomic E-state index is 0.325. The first kappa shape index (κ1) is 8.49. The van der Waals surface area contributed by atoms with Gasteiger partial charge in [0.05, 0.1) is 0 Å². The zero-order valence-corrected chi connectivity index (χ0v) is 7.86. The summed E-state index contributed by atoms with van der Waals surface area (Å²) in [5.74, 6) is 0.960. The molecule has 1 aromatic carbocycles. The van der Waals surface area contributed by atoms with Crippen LogP contribution in [0.4, 0.5) is 0 Å². The van der Waals surface area contributed by atoms with E-state index in [0.29, 0.717) is 11.8 Å². The van der Waals surface area contributed by atoms with Crippen LogP contribution in [0.15, 0.2) is 24.3 Å². The highest BCUT2D eigenvalue weighted by Crippen LogP contribution is 2.40. The van der Waals surface area contributed by atoms with Gasteiger partial charge in [0.15, 0.2) is 0 Å². The average molecular weight is 174 g/mol. The van der Waals surface area contributed by atoms with Gasteiger partial charge in [-0.3, -0.25) is 0 Å². The molecule has 1 aliphatic carbocycles. The second-order valence-corrected chi connectivity index (χ2v) is 3.98. The third kappa shape index (κ3) is 1.64. The van der Waals surface area contributed by atoms with Gasteiger partial charge >= 0.3 is 0 Å². The van der Waals surface area contributed by atoms with Crippen LogP contribution in [0.2, 0.25) is 0 Å². The van der Waals surface area contributed by atoms with Crippen molar-refractivity contribution >= 4 is 6.29 Å². The molecular formula is C12H14O. The summed E-state index contributed by atoms with van der Waals surface area (Å²) < 4.78 is 0. The Hall–Kier alpha value is -1.11. The molecule has 1 fully saturated rings. The minimum Gasteiger partial charge on any atom is -0.303 e. The molecule has 68 valence electrons. The van der Waals surface area contributed by atoms with Gasteiger partial charge in [-0.2, -0.15) is 0 Å². The molecule has 1 heteroatoms. The van der Waals surface area contributed by atoms with Crippen molar-refractivity contribution in [3.05, 3.63) is 35.4 Å². The molecule has 1 aliphatic rings. The van der Waals surface area contributed by atoms with Gasteiger partial charge in [-0.25, -0.2) is 0 Å². The maximum atomic E-state index is 10.4. The largest absolute Gasteiger partial charge is 0.303 e. The van der Waals surface area contributed by atoms with Gasteiger partial charge in [0.25, 0.3) is 0 Å². The van der Waals surface area contributed by atoms with E-state index in [1.807, 2.05) is 0 Å². The van der Waals surface area contributed by atoms with Crippen molar-refractivity contribution in [2.75, 3.05) is 0 Å². The van der Waals surface area contributed by atoms with Crippen molar-refractivity contribution in [1.29, 1.82) is 0 Å². The summed E-state index contributed by atoms with van der Waals surface area (Å²) in [6.45, 7) is 2.10. The topological polar surface area (TPSA) is 17.1 Å². The normalized spacial score (nSPS) is 26.5. The van der Waals surface area contributed by atoms with Crippen molar-refractivity contribution in [2.24, 2.45) is 5.92 Å². The van der Waals surface area contributed by atoms with Gasteiger partial charge in [0.1, 0.15) is 6.29 Å². The van der Waals surface area contributed by atoms with Gasteiger partial charge < -0.3 is 4.79 Å². The summed E-state index contributed by atoms with van der Waals surface area (Å²) >= 11 is 0. The van der Waals surface area contributed by atoms with Crippen LogP contribution in [0, 0.1) is 12.8 Å². The lowest BCUT2D eigenvalue weighted by atomic mass is 9.72. The van der Waals surface area contributed by atoms with Crippen LogP contribution >= 0.6 is 0 Å².